The van der Waals surface area contributed by atoms with E-state index in [0.717, 1.165) is 0 Å². The van der Waals surface area contributed by atoms with Crippen LogP contribution in [0.4, 0.5) is 36.6 Å². The number of alkyl halides is 6. The molecule has 0 bridgehead atoms. The average Bonchev–Trinajstić information content (AvgIpc) is 3.32. The molecule has 0 atom stereocenters. The number of fused-ring (bicyclic) bond motifs is 1. The van der Waals surface area contributed by atoms with E-state index in [-0.39, 0.29) is 32.2 Å². The van der Waals surface area contributed by atoms with E-state index in [1.807, 2.05) is 0 Å². The van der Waals surface area contributed by atoms with Gasteiger partial charge in [-0.25, -0.2) is 14.4 Å². The highest BCUT2D eigenvalue weighted by Gasteiger charge is 2.38. The van der Waals surface area contributed by atoms with Crippen molar-refractivity contribution < 1.29 is 35.5 Å². The molecule has 2 aromatic carbocycles. The van der Waals surface area contributed by atoms with Gasteiger partial charge in [0.25, 0.3) is 5.91 Å². The minimum atomic E-state index is -5.06. The summed E-state index contributed by atoms with van der Waals surface area (Å²) in [6.45, 7) is 0.362. The molecular formula is C23H16F7N7O. The van der Waals surface area contributed by atoms with Gasteiger partial charge in [-0.3, -0.25) is 4.79 Å². The summed E-state index contributed by atoms with van der Waals surface area (Å²) in [6.07, 6.45) is -8.84. The molecule has 198 valence electrons. The molecule has 2 aromatic heterocycles. The number of rotatable bonds is 3. The second-order valence-electron chi connectivity index (χ2n) is 8.42. The number of nitrogens with zero attached hydrogens (tertiary/aromatic N) is 7. The van der Waals surface area contributed by atoms with Gasteiger partial charge in [0.2, 0.25) is 0 Å². The molecule has 0 aliphatic carbocycles. The number of amides is 1. The molecule has 8 nitrogen and oxygen atoms in total. The number of hydrogen-bond donors (Lipinski definition) is 0. The molecular weight excluding hydrogens is 523 g/mol. The van der Waals surface area contributed by atoms with Gasteiger partial charge in [0.05, 0.1) is 16.8 Å². The second-order valence-corrected chi connectivity index (χ2v) is 8.42. The van der Waals surface area contributed by atoms with Gasteiger partial charge in [-0.2, -0.15) is 31.0 Å². The smallest absolute Gasteiger partial charge is 0.351 e. The van der Waals surface area contributed by atoms with Crippen molar-refractivity contribution in [1.29, 1.82) is 0 Å². The van der Waals surface area contributed by atoms with Crippen molar-refractivity contribution in [2.45, 2.75) is 12.4 Å². The quantitative estimate of drug-likeness (QED) is 0.361. The Labute approximate surface area is 209 Å². The van der Waals surface area contributed by atoms with Crippen molar-refractivity contribution in [2.75, 3.05) is 31.1 Å². The third-order valence-corrected chi connectivity index (χ3v) is 5.99. The van der Waals surface area contributed by atoms with Gasteiger partial charge in [-0.15, -0.1) is 5.10 Å². The molecule has 0 unspecified atom stereocenters. The van der Waals surface area contributed by atoms with Crippen LogP contribution in [0.25, 0.3) is 16.9 Å². The molecule has 5 rings (SSSR count). The Morgan fingerprint density at radius 1 is 0.816 bits per heavy atom. The first-order valence-corrected chi connectivity index (χ1v) is 11.1. The third-order valence-electron chi connectivity index (χ3n) is 5.99. The molecule has 4 aromatic rings. The lowest BCUT2D eigenvalue weighted by Crippen LogP contribution is -2.49. The summed E-state index contributed by atoms with van der Waals surface area (Å²) < 4.78 is 93.9. The fourth-order valence-electron chi connectivity index (χ4n) is 4.11. The first kappa shape index (κ1) is 25.4. The van der Waals surface area contributed by atoms with Crippen molar-refractivity contribution in [3.63, 3.8) is 0 Å². The zero-order valence-electron chi connectivity index (χ0n) is 19.1. The van der Waals surface area contributed by atoms with Crippen LogP contribution in [-0.2, 0) is 12.4 Å². The maximum absolute atomic E-state index is 13.3. The minimum Gasteiger partial charge on any atom is -0.351 e. The Bertz CT molecular complexity index is 1460. The van der Waals surface area contributed by atoms with Crippen LogP contribution in [0.5, 0.6) is 0 Å². The molecule has 1 amide bonds. The van der Waals surface area contributed by atoms with Gasteiger partial charge in [0, 0.05) is 31.7 Å². The summed E-state index contributed by atoms with van der Waals surface area (Å²) in [5, 5.41) is 8.18. The lowest BCUT2D eigenvalue weighted by atomic mass is 10.0. The maximum Gasteiger partial charge on any atom is 0.416 e. The zero-order valence-corrected chi connectivity index (χ0v) is 19.1. The largest absolute Gasteiger partial charge is 0.416 e. The lowest BCUT2D eigenvalue weighted by Gasteiger charge is -2.35. The Morgan fingerprint density at radius 3 is 2.00 bits per heavy atom. The van der Waals surface area contributed by atoms with Crippen LogP contribution in [-0.4, -0.2) is 61.9 Å². The summed E-state index contributed by atoms with van der Waals surface area (Å²) >= 11 is 0. The monoisotopic (exact) mass is 539 g/mol. The van der Waals surface area contributed by atoms with Crippen molar-refractivity contribution in [3.8, 4) is 5.69 Å². The van der Waals surface area contributed by atoms with Crippen molar-refractivity contribution in [1.82, 2.24) is 29.9 Å². The van der Waals surface area contributed by atoms with E-state index in [2.05, 4.69) is 20.3 Å². The molecule has 38 heavy (non-hydrogen) atoms. The van der Waals surface area contributed by atoms with Crippen LogP contribution in [0.1, 0.15) is 21.5 Å². The summed E-state index contributed by atoms with van der Waals surface area (Å²) in [5.41, 5.74) is -2.64. The number of aromatic nitrogens is 5. The van der Waals surface area contributed by atoms with Crippen molar-refractivity contribution in [2.24, 2.45) is 0 Å². The van der Waals surface area contributed by atoms with Gasteiger partial charge in [-0.1, -0.05) is 5.21 Å². The molecule has 0 N–H and O–H groups in total. The third kappa shape index (κ3) is 4.82. The van der Waals surface area contributed by atoms with E-state index in [1.54, 1.807) is 4.90 Å². The van der Waals surface area contributed by atoms with E-state index in [0.29, 0.717) is 34.8 Å². The van der Waals surface area contributed by atoms with Crippen LogP contribution in [0.15, 0.2) is 48.8 Å². The number of carbonyl (C=O) groups excluding carboxylic acids is 1. The number of halogens is 7. The first-order chi connectivity index (χ1) is 17.9. The standard InChI is InChI=1S/C23H16F7N7O/c24-16-1-3-17(4-2-16)37-20-18(33-34-37)19(31-12-32-20)35-5-7-36(8-6-35)21(38)13-9-14(22(25,26)27)11-15(10-13)23(28,29)30/h1-4,9-12H,5-8H2. The van der Waals surface area contributed by atoms with Gasteiger partial charge < -0.3 is 9.80 Å². The summed E-state index contributed by atoms with van der Waals surface area (Å²) in [7, 11) is 0. The predicted molar refractivity (Wildman–Crippen MR) is 119 cm³/mol. The Hall–Kier alpha value is -4.30. The average molecular weight is 539 g/mol. The highest BCUT2D eigenvalue weighted by Crippen LogP contribution is 2.36. The number of benzene rings is 2. The maximum atomic E-state index is 13.3. The van der Waals surface area contributed by atoms with E-state index < -0.39 is 40.8 Å². The molecule has 0 spiro atoms. The van der Waals surface area contributed by atoms with Gasteiger partial charge >= 0.3 is 12.4 Å². The number of piperazine rings is 1. The second kappa shape index (κ2) is 9.22. The fourth-order valence-corrected chi connectivity index (χ4v) is 4.11. The summed E-state index contributed by atoms with van der Waals surface area (Å²) in [6, 6.07) is 6.32. The number of carbonyl (C=O) groups is 1. The van der Waals surface area contributed by atoms with Crippen molar-refractivity contribution >= 4 is 22.9 Å². The normalized spacial score (nSPS) is 14.8. The molecule has 15 heteroatoms. The minimum absolute atomic E-state index is 0.00796. The van der Waals surface area contributed by atoms with Crippen molar-refractivity contribution in [3.05, 3.63) is 71.3 Å². The van der Waals surface area contributed by atoms with E-state index in [4.69, 9.17) is 0 Å². The SMILES string of the molecule is O=C(c1cc(C(F)(F)F)cc(C(F)(F)F)c1)N1CCN(c2ncnc3c2nnn3-c2ccc(F)cc2)CC1. The Balaban J connectivity index is 1.36. The van der Waals surface area contributed by atoms with Crippen LogP contribution in [0.3, 0.4) is 0 Å². The van der Waals surface area contributed by atoms with Gasteiger partial charge in [-0.05, 0) is 42.5 Å². The number of anilines is 1. The number of hydrogen-bond acceptors (Lipinski definition) is 6. The van der Waals surface area contributed by atoms with E-state index >= 15 is 0 Å². The molecule has 3 heterocycles. The molecule has 1 aliphatic heterocycles. The Kier molecular flexibility index (Phi) is 6.15. The highest BCUT2D eigenvalue weighted by molar-refractivity contribution is 5.95. The molecule has 1 fully saturated rings. The Morgan fingerprint density at radius 2 is 1.42 bits per heavy atom. The fraction of sp³-hybridized carbons (Fsp3) is 0.261. The van der Waals surface area contributed by atoms with E-state index in [1.165, 1.54) is 40.2 Å². The molecule has 1 aliphatic rings. The topological polar surface area (TPSA) is 80.0 Å². The van der Waals surface area contributed by atoms with Crippen LogP contribution < -0.4 is 4.90 Å². The van der Waals surface area contributed by atoms with E-state index in [9.17, 15) is 35.5 Å². The molecule has 1 saturated heterocycles. The highest BCUT2D eigenvalue weighted by atomic mass is 19.4. The first-order valence-electron chi connectivity index (χ1n) is 11.1. The zero-order chi connectivity index (χ0) is 27.2. The van der Waals surface area contributed by atoms with Crippen LogP contribution in [0, 0.1) is 5.82 Å². The lowest BCUT2D eigenvalue weighted by molar-refractivity contribution is -0.143. The van der Waals surface area contributed by atoms with Crippen LogP contribution in [0.2, 0.25) is 0 Å². The molecule has 0 radical (unpaired) electrons. The van der Waals surface area contributed by atoms with Gasteiger partial charge in [0.15, 0.2) is 17.0 Å². The summed E-state index contributed by atoms with van der Waals surface area (Å²) in [4.78, 5) is 24.3. The van der Waals surface area contributed by atoms with Gasteiger partial charge in [0.1, 0.15) is 12.1 Å². The van der Waals surface area contributed by atoms with Crippen LogP contribution >= 0.6 is 0 Å². The predicted octanol–water partition coefficient (Wildman–Crippen LogP) is 4.35. The molecule has 0 saturated carbocycles. The summed E-state index contributed by atoms with van der Waals surface area (Å²) in [5.74, 6) is -0.995.